The van der Waals surface area contributed by atoms with Crippen LogP contribution < -0.4 is 4.74 Å². The van der Waals surface area contributed by atoms with Crippen molar-refractivity contribution in [1.82, 2.24) is 4.57 Å². The molecule has 0 saturated carbocycles. The Morgan fingerprint density at radius 1 is 1.44 bits per heavy atom. The maximum Gasteiger partial charge on any atom is 0.337 e. The summed E-state index contributed by atoms with van der Waals surface area (Å²) in [6.45, 7) is 3.98. The molecule has 1 aromatic heterocycles. The quantitative estimate of drug-likeness (QED) is 0.925. The zero-order valence-corrected chi connectivity index (χ0v) is 11.2. The number of nitrogens with zero attached hydrogens (tertiary/aromatic N) is 1. The summed E-state index contributed by atoms with van der Waals surface area (Å²) < 4.78 is 7.02. The molecule has 0 unspecified atom stereocenters. The molecule has 0 aliphatic heterocycles. The SMILES string of the molecule is COc1cc2c(C(=O)O)cn(C(C)C)c2cc1Cl. The van der Waals surface area contributed by atoms with Crippen molar-refractivity contribution in [3.8, 4) is 5.75 Å². The Kier molecular flexibility index (Phi) is 3.22. The summed E-state index contributed by atoms with van der Waals surface area (Å²) in [6.07, 6.45) is 1.63. The van der Waals surface area contributed by atoms with Gasteiger partial charge in [0.05, 0.1) is 23.2 Å². The van der Waals surface area contributed by atoms with Crippen LogP contribution >= 0.6 is 11.6 Å². The maximum atomic E-state index is 11.2. The number of hydrogen-bond donors (Lipinski definition) is 1. The molecule has 1 N–H and O–H groups in total. The van der Waals surface area contributed by atoms with Crippen LogP contribution in [0.5, 0.6) is 5.75 Å². The Bertz CT molecular complexity index is 616. The predicted molar refractivity (Wildman–Crippen MR) is 70.8 cm³/mol. The third kappa shape index (κ3) is 1.93. The molecule has 0 fully saturated rings. The van der Waals surface area contributed by atoms with Crippen LogP contribution in [0, 0.1) is 0 Å². The largest absolute Gasteiger partial charge is 0.495 e. The van der Waals surface area contributed by atoms with Gasteiger partial charge in [-0.15, -0.1) is 0 Å². The highest BCUT2D eigenvalue weighted by molar-refractivity contribution is 6.33. The van der Waals surface area contributed by atoms with Crippen molar-refractivity contribution in [2.75, 3.05) is 7.11 Å². The number of benzene rings is 1. The smallest absolute Gasteiger partial charge is 0.337 e. The van der Waals surface area contributed by atoms with E-state index in [0.29, 0.717) is 16.2 Å². The van der Waals surface area contributed by atoms with E-state index >= 15 is 0 Å². The topological polar surface area (TPSA) is 51.5 Å². The average Bonchev–Trinajstić information content (AvgIpc) is 2.66. The second kappa shape index (κ2) is 4.53. The molecule has 0 atom stereocenters. The number of ether oxygens (including phenoxy) is 1. The average molecular weight is 268 g/mol. The lowest BCUT2D eigenvalue weighted by Gasteiger charge is -2.10. The van der Waals surface area contributed by atoms with Gasteiger partial charge in [-0.3, -0.25) is 0 Å². The van der Waals surface area contributed by atoms with Crippen LogP contribution in [0.25, 0.3) is 10.9 Å². The molecule has 0 bridgehead atoms. The second-order valence-electron chi connectivity index (χ2n) is 4.35. The summed E-state index contributed by atoms with van der Waals surface area (Å²) in [5.74, 6) is -0.475. The van der Waals surface area contributed by atoms with Gasteiger partial charge in [-0.05, 0) is 26.0 Å². The fraction of sp³-hybridized carbons (Fsp3) is 0.308. The molecular weight excluding hydrogens is 254 g/mol. The lowest BCUT2D eigenvalue weighted by Crippen LogP contribution is -1.99. The summed E-state index contributed by atoms with van der Waals surface area (Å²) >= 11 is 6.08. The number of aromatic nitrogens is 1. The summed E-state index contributed by atoms with van der Waals surface area (Å²) in [6, 6.07) is 3.56. The highest BCUT2D eigenvalue weighted by Gasteiger charge is 2.17. The van der Waals surface area contributed by atoms with Gasteiger partial charge in [-0.25, -0.2) is 4.79 Å². The molecule has 0 saturated heterocycles. The number of halogens is 1. The molecule has 96 valence electrons. The van der Waals surface area contributed by atoms with Gasteiger partial charge in [0, 0.05) is 17.6 Å². The van der Waals surface area contributed by atoms with Crippen LogP contribution in [0.4, 0.5) is 0 Å². The lowest BCUT2D eigenvalue weighted by molar-refractivity contribution is 0.0699. The maximum absolute atomic E-state index is 11.2. The molecule has 4 nitrogen and oxygen atoms in total. The lowest BCUT2D eigenvalue weighted by atomic mass is 10.1. The van der Waals surface area contributed by atoms with Crippen molar-refractivity contribution < 1.29 is 14.6 Å². The van der Waals surface area contributed by atoms with Crippen LogP contribution in [-0.4, -0.2) is 22.8 Å². The standard InChI is InChI=1S/C13H14ClNO3/c1-7(2)15-6-9(13(16)17)8-4-12(18-3)10(14)5-11(8)15/h4-7H,1-3H3,(H,16,17). The Labute approximate surface area is 110 Å². The second-order valence-corrected chi connectivity index (χ2v) is 4.76. The van der Waals surface area contributed by atoms with Crippen molar-refractivity contribution in [3.05, 3.63) is 28.9 Å². The van der Waals surface area contributed by atoms with Crippen molar-refractivity contribution in [3.63, 3.8) is 0 Å². The number of carboxylic acid groups (broad SMARTS) is 1. The van der Waals surface area contributed by atoms with Crippen LogP contribution in [0.15, 0.2) is 18.3 Å². The normalized spacial score (nSPS) is 11.2. The van der Waals surface area contributed by atoms with Gasteiger partial charge in [-0.2, -0.15) is 0 Å². The van der Waals surface area contributed by atoms with Crippen molar-refractivity contribution in [1.29, 1.82) is 0 Å². The molecule has 1 heterocycles. The highest BCUT2D eigenvalue weighted by atomic mass is 35.5. The minimum atomic E-state index is -0.955. The first-order valence-electron chi connectivity index (χ1n) is 5.57. The number of carbonyl (C=O) groups is 1. The minimum Gasteiger partial charge on any atom is -0.495 e. The van der Waals surface area contributed by atoms with Gasteiger partial charge in [0.2, 0.25) is 0 Å². The Morgan fingerprint density at radius 3 is 2.61 bits per heavy atom. The summed E-state index contributed by atoms with van der Waals surface area (Å²) in [5, 5.41) is 10.3. The summed E-state index contributed by atoms with van der Waals surface area (Å²) in [4.78, 5) is 11.2. The van der Waals surface area contributed by atoms with Gasteiger partial charge in [0.15, 0.2) is 0 Å². The first kappa shape index (κ1) is 12.8. The molecular formula is C13H14ClNO3. The number of carboxylic acids is 1. The number of fused-ring (bicyclic) bond motifs is 1. The van der Waals surface area contributed by atoms with Gasteiger partial charge < -0.3 is 14.4 Å². The van der Waals surface area contributed by atoms with E-state index in [2.05, 4.69) is 0 Å². The van der Waals surface area contributed by atoms with Crippen molar-refractivity contribution in [2.45, 2.75) is 19.9 Å². The summed E-state index contributed by atoms with van der Waals surface area (Å²) in [7, 11) is 1.51. The fourth-order valence-corrected chi connectivity index (χ4v) is 2.24. The Hall–Kier alpha value is -1.68. The van der Waals surface area contributed by atoms with E-state index in [-0.39, 0.29) is 11.6 Å². The molecule has 0 radical (unpaired) electrons. The number of rotatable bonds is 3. The van der Waals surface area contributed by atoms with E-state index in [1.807, 2.05) is 18.4 Å². The van der Waals surface area contributed by atoms with E-state index in [4.69, 9.17) is 16.3 Å². The van der Waals surface area contributed by atoms with Crippen LogP contribution in [0.2, 0.25) is 5.02 Å². The molecule has 2 aromatic rings. The predicted octanol–water partition coefficient (Wildman–Crippen LogP) is 3.58. The molecule has 0 amide bonds. The molecule has 0 aliphatic carbocycles. The molecule has 0 spiro atoms. The van der Waals surface area contributed by atoms with E-state index in [0.717, 1.165) is 5.52 Å². The van der Waals surface area contributed by atoms with Crippen molar-refractivity contribution in [2.24, 2.45) is 0 Å². The molecule has 0 aliphatic rings. The van der Waals surface area contributed by atoms with Crippen LogP contribution in [0.1, 0.15) is 30.2 Å². The number of methoxy groups -OCH3 is 1. The third-order valence-corrected chi connectivity index (χ3v) is 3.19. The molecule has 5 heteroatoms. The van der Waals surface area contributed by atoms with Gasteiger partial charge in [-0.1, -0.05) is 11.6 Å². The van der Waals surface area contributed by atoms with Gasteiger partial charge in [0.25, 0.3) is 0 Å². The van der Waals surface area contributed by atoms with Crippen molar-refractivity contribution >= 4 is 28.5 Å². The first-order valence-corrected chi connectivity index (χ1v) is 5.95. The first-order chi connectivity index (χ1) is 8.45. The summed E-state index contributed by atoms with van der Waals surface area (Å²) in [5.41, 5.74) is 1.06. The Morgan fingerprint density at radius 2 is 2.11 bits per heavy atom. The minimum absolute atomic E-state index is 0.157. The Balaban J connectivity index is 2.83. The van der Waals surface area contributed by atoms with E-state index < -0.39 is 5.97 Å². The zero-order valence-electron chi connectivity index (χ0n) is 10.4. The number of aromatic carboxylic acids is 1. The molecule has 2 rings (SSSR count). The molecule has 1 aromatic carbocycles. The number of hydrogen-bond acceptors (Lipinski definition) is 2. The third-order valence-electron chi connectivity index (χ3n) is 2.89. The van der Waals surface area contributed by atoms with Gasteiger partial charge in [0.1, 0.15) is 5.75 Å². The van der Waals surface area contributed by atoms with Crippen LogP contribution in [0.3, 0.4) is 0 Å². The monoisotopic (exact) mass is 267 g/mol. The molecule has 18 heavy (non-hydrogen) atoms. The van der Waals surface area contributed by atoms with Gasteiger partial charge >= 0.3 is 5.97 Å². The van der Waals surface area contributed by atoms with E-state index in [1.54, 1.807) is 18.3 Å². The van der Waals surface area contributed by atoms with E-state index in [9.17, 15) is 9.90 Å². The zero-order chi connectivity index (χ0) is 13.4. The van der Waals surface area contributed by atoms with Crippen LogP contribution in [-0.2, 0) is 0 Å². The highest BCUT2D eigenvalue weighted by Crippen LogP contribution is 2.34. The fourth-order valence-electron chi connectivity index (χ4n) is 2.00. The van der Waals surface area contributed by atoms with E-state index in [1.165, 1.54) is 7.11 Å².